The maximum atomic E-state index is 2.74. The normalized spacial score (nSPS) is 31.6. The van der Waals surface area contributed by atoms with Gasteiger partial charge in [-0.2, -0.15) is 0 Å². The number of hydrogen-bond donors (Lipinski definition) is 0. The monoisotopic (exact) mass is 318 g/mol. The summed E-state index contributed by atoms with van der Waals surface area (Å²) in [6, 6.07) is 20.7. The Balaban J connectivity index is 1.46. The maximum Gasteiger partial charge on any atom is 0.0450 e. The van der Waals surface area contributed by atoms with E-state index in [2.05, 4.69) is 71.3 Å². The summed E-state index contributed by atoms with van der Waals surface area (Å²) < 4.78 is 0. The fourth-order valence-corrected chi connectivity index (χ4v) is 4.89. The van der Waals surface area contributed by atoms with E-state index in [1.165, 1.54) is 43.9 Å². The van der Waals surface area contributed by atoms with Gasteiger partial charge in [-0.05, 0) is 48.4 Å². The lowest BCUT2D eigenvalue weighted by Gasteiger charge is -2.39. The molecule has 2 nitrogen and oxygen atoms in total. The van der Waals surface area contributed by atoms with Crippen molar-refractivity contribution in [3.63, 3.8) is 0 Å². The molecule has 0 N–H and O–H groups in total. The molecule has 3 aliphatic rings. The summed E-state index contributed by atoms with van der Waals surface area (Å²) >= 11 is 0. The first-order chi connectivity index (χ1) is 11.8. The lowest BCUT2D eigenvalue weighted by Crippen LogP contribution is -2.45. The largest absolute Gasteiger partial charge is 0.337 e. The molecule has 0 aromatic heterocycles. The van der Waals surface area contributed by atoms with Crippen LogP contribution in [0.25, 0.3) is 0 Å². The molecule has 1 aliphatic carbocycles. The standard InChI is InChI=1S/C22H26N2/c1-16-13-17(16)14-23-12-11-22-20(15-23)19-9-5-6-10-21(19)24(22)18-7-3-2-4-8-18/h2-10,16-17,20,22H,11-15H2,1H3/t16-,17+,20+,22-/m1/s1. The Morgan fingerprint density at radius 1 is 1.00 bits per heavy atom. The topological polar surface area (TPSA) is 6.48 Å². The van der Waals surface area contributed by atoms with Crippen LogP contribution in [0.2, 0.25) is 0 Å². The van der Waals surface area contributed by atoms with E-state index in [4.69, 9.17) is 0 Å². The van der Waals surface area contributed by atoms with Gasteiger partial charge in [0.1, 0.15) is 0 Å². The van der Waals surface area contributed by atoms with E-state index in [0.717, 1.165) is 11.8 Å². The predicted molar refractivity (Wildman–Crippen MR) is 99.9 cm³/mol. The van der Waals surface area contributed by atoms with Crippen LogP contribution in [0.4, 0.5) is 11.4 Å². The summed E-state index contributed by atoms with van der Waals surface area (Å²) in [6.45, 7) is 6.20. The van der Waals surface area contributed by atoms with Crippen LogP contribution in [0.15, 0.2) is 54.6 Å². The van der Waals surface area contributed by atoms with E-state index in [1.807, 2.05) is 0 Å². The quantitative estimate of drug-likeness (QED) is 0.812. The van der Waals surface area contributed by atoms with Crippen LogP contribution >= 0.6 is 0 Å². The molecular formula is C22H26N2. The second kappa shape index (κ2) is 5.63. The van der Waals surface area contributed by atoms with E-state index in [1.54, 1.807) is 5.56 Å². The van der Waals surface area contributed by atoms with Gasteiger partial charge in [-0.25, -0.2) is 0 Å². The smallest absolute Gasteiger partial charge is 0.0450 e. The molecule has 1 saturated heterocycles. The Bertz CT molecular complexity index is 726. The van der Waals surface area contributed by atoms with Crippen molar-refractivity contribution < 1.29 is 0 Å². The molecule has 0 radical (unpaired) electrons. The summed E-state index contributed by atoms with van der Waals surface area (Å²) in [5.41, 5.74) is 4.34. The molecule has 2 heterocycles. The zero-order valence-electron chi connectivity index (χ0n) is 14.4. The second-order valence-corrected chi connectivity index (χ2v) is 7.96. The highest BCUT2D eigenvalue weighted by Gasteiger charge is 2.43. The van der Waals surface area contributed by atoms with Crippen molar-refractivity contribution >= 4 is 11.4 Å². The number of nitrogens with zero attached hydrogens (tertiary/aromatic N) is 2. The number of hydrogen-bond acceptors (Lipinski definition) is 2. The SMILES string of the molecule is C[C@@H]1C[C@H]1CN1CC[C@@H]2[C@@H](C1)c1ccccc1N2c1ccccc1. The predicted octanol–water partition coefficient (Wildman–Crippen LogP) is 4.65. The van der Waals surface area contributed by atoms with Crippen molar-refractivity contribution in [2.45, 2.75) is 31.7 Å². The van der Waals surface area contributed by atoms with Crippen LogP contribution in [-0.2, 0) is 0 Å². The number of benzene rings is 2. The highest BCUT2D eigenvalue weighted by atomic mass is 15.2. The van der Waals surface area contributed by atoms with Crippen LogP contribution in [0, 0.1) is 11.8 Å². The van der Waals surface area contributed by atoms with Crippen LogP contribution in [0.1, 0.15) is 31.2 Å². The van der Waals surface area contributed by atoms with Crippen LogP contribution in [0.3, 0.4) is 0 Å². The summed E-state index contributed by atoms with van der Waals surface area (Å²) in [5.74, 6) is 2.58. The minimum absolute atomic E-state index is 0.623. The highest BCUT2D eigenvalue weighted by molar-refractivity contribution is 5.72. The molecule has 2 aromatic rings. The third kappa shape index (κ3) is 2.36. The van der Waals surface area contributed by atoms with Gasteiger partial charge in [0, 0.05) is 43.0 Å². The van der Waals surface area contributed by atoms with Crippen molar-refractivity contribution in [2.24, 2.45) is 11.8 Å². The number of rotatable bonds is 3. The van der Waals surface area contributed by atoms with Gasteiger partial charge in [0.15, 0.2) is 0 Å². The number of fused-ring (bicyclic) bond motifs is 3. The van der Waals surface area contributed by atoms with Crippen molar-refractivity contribution in [1.82, 2.24) is 4.90 Å². The van der Waals surface area contributed by atoms with E-state index in [9.17, 15) is 0 Å². The van der Waals surface area contributed by atoms with Crippen LogP contribution < -0.4 is 4.90 Å². The summed E-state index contributed by atoms with van der Waals surface area (Å²) in [4.78, 5) is 5.34. The first-order valence-corrected chi connectivity index (χ1v) is 9.47. The van der Waals surface area contributed by atoms with E-state index in [-0.39, 0.29) is 0 Å². The van der Waals surface area contributed by atoms with Gasteiger partial charge >= 0.3 is 0 Å². The molecule has 124 valence electrons. The van der Waals surface area contributed by atoms with Gasteiger partial charge in [-0.15, -0.1) is 0 Å². The zero-order chi connectivity index (χ0) is 16.1. The maximum absolute atomic E-state index is 2.74. The van der Waals surface area contributed by atoms with Crippen molar-refractivity contribution in [1.29, 1.82) is 0 Å². The first kappa shape index (κ1) is 14.5. The fraction of sp³-hybridized carbons (Fsp3) is 0.455. The summed E-state index contributed by atoms with van der Waals surface area (Å²) in [7, 11) is 0. The number of piperidine rings is 1. The molecule has 1 saturated carbocycles. The van der Waals surface area contributed by atoms with E-state index in [0.29, 0.717) is 12.0 Å². The molecule has 0 spiro atoms. The van der Waals surface area contributed by atoms with Crippen LogP contribution in [-0.4, -0.2) is 30.6 Å². The fourth-order valence-electron chi connectivity index (χ4n) is 4.89. The zero-order valence-corrected chi connectivity index (χ0v) is 14.4. The lowest BCUT2D eigenvalue weighted by atomic mass is 9.89. The Kier molecular flexibility index (Phi) is 3.41. The summed E-state index contributed by atoms with van der Waals surface area (Å²) in [5, 5.41) is 0. The number of para-hydroxylation sites is 2. The van der Waals surface area contributed by atoms with Crippen molar-refractivity contribution in [3.8, 4) is 0 Å². The number of anilines is 2. The van der Waals surface area contributed by atoms with Gasteiger partial charge in [0.2, 0.25) is 0 Å². The Labute approximate surface area is 145 Å². The molecule has 0 amide bonds. The molecule has 2 aliphatic heterocycles. The lowest BCUT2D eigenvalue weighted by molar-refractivity contribution is 0.187. The molecule has 2 heteroatoms. The van der Waals surface area contributed by atoms with E-state index < -0.39 is 0 Å². The van der Waals surface area contributed by atoms with Crippen LogP contribution in [0.5, 0.6) is 0 Å². The van der Waals surface area contributed by atoms with Gasteiger partial charge in [-0.3, -0.25) is 0 Å². The average Bonchev–Trinajstić information content (AvgIpc) is 3.21. The average molecular weight is 318 g/mol. The Hall–Kier alpha value is -1.80. The summed E-state index contributed by atoms with van der Waals surface area (Å²) in [6.07, 6.45) is 2.71. The molecular weight excluding hydrogens is 292 g/mol. The minimum Gasteiger partial charge on any atom is -0.337 e. The van der Waals surface area contributed by atoms with Gasteiger partial charge in [0.25, 0.3) is 0 Å². The molecule has 2 fully saturated rings. The minimum atomic E-state index is 0.623. The molecule has 2 aromatic carbocycles. The Morgan fingerprint density at radius 3 is 2.54 bits per heavy atom. The molecule has 24 heavy (non-hydrogen) atoms. The highest BCUT2D eigenvalue weighted by Crippen LogP contribution is 2.48. The van der Waals surface area contributed by atoms with Gasteiger partial charge in [0.05, 0.1) is 0 Å². The molecule has 5 rings (SSSR count). The number of likely N-dealkylation sites (tertiary alicyclic amines) is 1. The van der Waals surface area contributed by atoms with E-state index >= 15 is 0 Å². The third-order valence-corrected chi connectivity index (χ3v) is 6.39. The third-order valence-electron chi connectivity index (χ3n) is 6.39. The Morgan fingerprint density at radius 2 is 1.75 bits per heavy atom. The first-order valence-electron chi connectivity index (χ1n) is 9.47. The molecule has 0 unspecified atom stereocenters. The molecule has 4 atom stereocenters. The second-order valence-electron chi connectivity index (χ2n) is 7.96. The van der Waals surface area contributed by atoms with Gasteiger partial charge < -0.3 is 9.80 Å². The van der Waals surface area contributed by atoms with Crippen molar-refractivity contribution in [2.75, 3.05) is 24.5 Å². The molecule has 0 bridgehead atoms. The van der Waals surface area contributed by atoms with Gasteiger partial charge in [-0.1, -0.05) is 43.3 Å². The van der Waals surface area contributed by atoms with Crippen molar-refractivity contribution in [3.05, 3.63) is 60.2 Å².